The number of nitrogens with zero attached hydrogens (tertiary/aromatic N) is 1. The fraction of sp³-hybridized carbons (Fsp3) is 0.429. The first-order chi connectivity index (χ1) is 8.08. The van der Waals surface area contributed by atoms with Crippen molar-refractivity contribution in [3.8, 4) is 0 Å². The lowest BCUT2D eigenvalue weighted by Gasteiger charge is -2.28. The summed E-state index contributed by atoms with van der Waals surface area (Å²) in [7, 11) is 0. The van der Waals surface area contributed by atoms with Gasteiger partial charge in [-0.1, -0.05) is 29.3 Å². The average Bonchev–Trinajstić information content (AvgIpc) is 2.30. The lowest BCUT2D eigenvalue weighted by molar-refractivity contribution is 0.784. The third-order valence-corrected chi connectivity index (χ3v) is 3.58. The molecule has 92 valence electrons. The van der Waals surface area contributed by atoms with Gasteiger partial charge in [0, 0.05) is 19.1 Å². The summed E-state index contributed by atoms with van der Waals surface area (Å²) < 4.78 is 0. The van der Waals surface area contributed by atoms with Crippen LogP contribution in [0.4, 0.5) is 5.69 Å². The maximum absolute atomic E-state index is 6.33. The smallest absolute Gasteiger partial charge is 0.0643 e. The van der Waals surface area contributed by atoms with Crippen molar-refractivity contribution in [2.45, 2.75) is 26.3 Å². The van der Waals surface area contributed by atoms with Gasteiger partial charge in [0.2, 0.25) is 0 Å². The van der Waals surface area contributed by atoms with Crippen LogP contribution in [-0.2, 0) is 0 Å². The van der Waals surface area contributed by atoms with Crippen LogP contribution in [0.3, 0.4) is 0 Å². The number of nitrogens with two attached hydrogens (primary N) is 1. The van der Waals surface area contributed by atoms with E-state index in [1.165, 1.54) is 5.57 Å². The standard InChI is InChI=1S/C14H19ClN2/c1-10-5-7-17(8-6-10)14-4-3-12(11(2)16)9-13(14)15/h3-5,9,11H,6-8,16H2,1-2H3/t11-/m0/s1. The van der Waals surface area contributed by atoms with Gasteiger partial charge in [0.1, 0.15) is 0 Å². The molecule has 2 nitrogen and oxygen atoms in total. The van der Waals surface area contributed by atoms with Crippen LogP contribution in [0.2, 0.25) is 5.02 Å². The first-order valence-electron chi connectivity index (χ1n) is 6.03. The zero-order valence-electron chi connectivity index (χ0n) is 10.4. The molecule has 1 aliphatic heterocycles. The van der Waals surface area contributed by atoms with Gasteiger partial charge in [-0.15, -0.1) is 0 Å². The van der Waals surface area contributed by atoms with Crippen molar-refractivity contribution in [2.24, 2.45) is 5.73 Å². The Morgan fingerprint density at radius 2 is 2.18 bits per heavy atom. The molecular formula is C14H19ClN2. The first kappa shape index (κ1) is 12.5. The highest BCUT2D eigenvalue weighted by atomic mass is 35.5. The van der Waals surface area contributed by atoms with Crippen LogP contribution in [0, 0.1) is 0 Å². The lowest BCUT2D eigenvalue weighted by atomic mass is 10.1. The van der Waals surface area contributed by atoms with Gasteiger partial charge in [-0.2, -0.15) is 0 Å². The van der Waals surface area contributed by atoms with E-state index in [1.807, 2.05) is 13.0 Å². The van der Waals surface area contributed by atoms with E-state index in [2.05, 4.69) is 30.0 Å². The summed E-state index contributed by atoms with van der Waals surface area (Å²) >= 11 is 6.33. The van der Waals surface area contributed by atoms with E-state index in [9.17, 15) is 0 Å². The number of anilines is 1. The van der Waals surface area contributed by atoms with Crippen LogP contribution >= 0.6 is 11.6 Å². The molecule has 0 aliphatic carbocycles. The van der Waals surface area contributed by atoms with Gasteiger partial charge in [-0.05, 0) is 38.0 Å². The van der Waals surface area contributed by atoms with Gasteiger partial charge in [-0.3, -0.25) is 0 Å². The average molecular weight is 251 g/mol. The minimum Gasteiger partial charge on any atom is -0.366 e. The minimum atomic E-state index is 0.0325. The number of rotatable bonds is 2. The monoisotopic (exact) mass is 250 g/mol. The highest BCUT2D eigenvalue weighted by Crippen LogP contribution is 2.30. The second-order valence-corrected chi connectivity index (χ2v) is 5.15. The highest BCUT2D eigenvalue weighted by molar-refractivity contribution is 6.33. The normalized spacial score (nSPS) is 17.9. The van der Waals surface area contributed by atoms with E-state index in [1.54, 1.807) is 0 Å². The summed E-state index contributed by atoms with van der Waals surface area (Å²) in [6.07, 6.45) is 3.38. The molecular weight excluding hydrogens is 232 g/mol. The Bertz CT molecular complexity index is 438. The molecule has 0 radical (unpaired) electrons. The Morgan fingerprint density at radius 3 is 2.71 bits per heavy atom. The topological polar surface area (TPSA) is 29.3 Å². The molecule has 1 heterocycles. The fourth-order valence-corrected chi connectivity index (χ4v) is 2.36. The second-order valence-electron chi connectivity index (χ2n) is 4.75. The maximum Gasteiger partial charge on any atom is 0.0643 e. The minimum absolute atomic E-state index is 0.0325. The Labute approximate surface area is 108 Å². The van der Waals surface area contributed by atoms with E-state index >= 15 is 0 Å². The molecule has 2 rings (SSSR count). The number of hydrogen-bond donors (Lipinski definition) is 1. The van der Waals surface area contributed by atoms with Crippen molar-refractivity contribution in [1.29, 1.82) is 0 Å². The van der Waals surface area contributed by atoms with Gasteiger partial charge in [0.25, 0.3) is 0 Å². The maximum atomic E-state index is 6.33. The molecule has 0 unspecified atom stereocenters. The Kier molecular flexibility index (Phi) is 3.75. The molecule has 1 aliphatic rings. The Hall–Kier alpha value is -0.990. The Balaban J connectivity index is 2.22. The molecule has 3 heteroatoms. The molecule has 2 N–H and O–H groups in total. The second kappa shape index (κ2) is 5.11. The molecule has 1 atom stereocenters. The van der Waals surface area contributed by atoms with Gasteiger partial charge in [-0.25, -0.2) is 0 Å². The van der Waals surface area contributed by atoms with Crippen molar-refractivity contribution in [1.82, 2.24) is 0 Å². The van der Waals surface area contributed by atoms with E-state index in [0.717, 1.165) is 35.8 Å². The number of hydrogen-bond acceptors (Lipinski definition) is 2. The summed E-state index contributed by atoms with van der Waals surface area (Å²) in [5.41, 5.74) is 9.51. The quantitative estimate of drug-likeness (QED) is 0.814. The summed E-state index contributed by atoms with van der Waals surface area (Å²) in [5, 5.41) is 0.799. The van der Waals surface area contributed by atoms with Crippen LogP contribution in [0.15, 0.2) is 29.8 Å². The largest absolute Gasteiger partial charge is 0.366 e. The summed E-state index contributed by atoms with van der Waals surface area (Å²) in [6, 6.07) is 6.16. The predicted molar refractivity (Wildman–Crippen MR) is 74.6 cm³/mol. The van der Waals surface area contributed by atoms with Crippen LogP contribution in [-0.4, -0.2) is 13.1 Å². The van der Waals surface area contributed by atoms with Crippen molar-refractivity contribution in [3.63, 3.8) is 0 Å². The molecule has 0 aromatic heterocycles. The molecule has 0 saturated carbocycles. The summed E-state index contributed by atoms with van der Waals surface area (Å²) in [6.45, 7) is 6.14. The first-order valence-corrected chi connectivity index (χ1v) is 6.41. The van der Waals surface area contributed by atoms with Crippen LogP contribution in [0.5, 0.6) is 0 Å². The zero-order chi connectivity index (χ0) is 12.4. The highest BCUT2D eigenvalue weighted by Gasteiger charge is 2.13. The molecule has 0 bridgehead atoms. The van der Waals surface area contributed by atoms with Crippen molar-refractivity contribution in [3.05, 3.63) is 40.4 Å². The van der Waals surface area contributed by atoms with E-state index in [4.69, 9.17) is 17.3 Å². The van der Waals surface area contributed by atoms with Crippen molar-refractivity contribution >= 4 is 17.3 Å². The van der Waals surface area contributed by atoms with Crippen LogP contribution < -0.4 is 10.6 Å². The SMILES string of the molecule is CC1=CCN(c2ccc([C@H](C)N)cc2Cl)CC1. The number of benzene rings is 1. The third-order valence-electron chi connectivity index (χ3n) is 3.27. The van der Waals surface area contributed by atoms with E-state index in [-0.39, 0.29) is 6.04 Å². The number of halogens is 1. The fourth-order valence-electron chi connectivity index (χ4n) is 2.05. The van der Waals surface area contributed by atoms with Gasteiger partial charge < -0.3 is 10.6 Å². The molecule has 0 spiro atoms. The lowest BCUT2D eigenvalue weighted by Crippen LogP contribution is -2.28. The molecule has 1 aromatic rings. The van der Waals surface area contributed by atoms with E-state index < -0.39 is 0 Å². The van der Waals surface area contributed by atoms with Crippen molar-refractivity contribution in [2.75, 3.05) is 18.0 Å². The van der Waals surface area contributed by atoms with Crippen LogP contribution in [0.25, 0.3) is 0 Å². The van der Waals surface area contributed by atoms with Gasteiger partial charge in [0.05, 0.1) is 10.7 Å². The Morgan fingerprint density at radius 1 is 1.41 bits per heavy atom. The zero-order valence-corrected chi connectivity index (χ0v) is 11.2. The molecule has 0 saturated heterocycles. The molecule has 0 amide bonds. The van der Waals surface area contributed by atoms with Crippen LogP contribution in [0.1, 0.15) is 31.9 Å². The third kappa shape index (κ3) is 2.82. The summed E-state index contributed by atoms with van der Waals surface area (Å²) in [5.74, 6) is 0. The summed E-state index contributed by atoms with van der Waals surface area (Å²) in [4.78, 5) is 2.31. The van der Waals surface area contributed by atoms with Gasteiger partial charge in [0.15, 0.2) is 0 Å². The van der Waals surface area contributed by atoms with Crippen molar-refractivity contribution < 1.29 is 0 Å². The molecule has 0 fully saturated rings. The molecule has 1 aromatic carbocycles. The predicted octanol–water partition coefficient (Wildman–Crippen LogP) is 3.52. The van der Waals surface area contributed by atoms with Gasteiger partial charge >= 0.3 is 0 Å². The van der Waals surface area contributed by atoms with E-state index in [0.29, 0.717) is 0 Å². The molecule has 17 heavy (non-hydrogen) atoms.